The molecule has 0 N–H and O–H groups in total. The zero-order valence-corrected chi connectivity index (χ0v) is 8.29. The van der Waals surface area contributed by atoms with E-state index in [4.69, 9.17) is 4.74 Å². The number of rotatable bonds is 1. The highest BCUT2D eigenvalue weighted by Gasteiger charge is 2.34. The van der Waals surface area contributed by atoms with Gasteiger partial charge in [-0.15, -0.1) is 0 Å². The van der Waals surface area contributed by atoms with Gasteiger partial charge in [0.05, 0.1) is 6.10 Å². The summed E-state index contributed by atoms with van der Waals surface area (Å²) in [6, 6.07) is 0. The zero-order valence-electron chi connectivity index (χ0n) is 8.29. The van der Waals surface area contributed by atoms with Gasteiger partial charge in [0.1, 0.15) is 5.78 Å². The average Bonchev–Trinajstić information content (AvgIpc) is 2.17. The maximum atomic E-state index is 11.2. The second-order valence-electron chi connectivity index (χ2n) is 4.47. The summed E-state index contributed by atoms with van der Waals surface area (Å²) in [5, 5.41) is 0. The van der Waals surface area contributed by atoms with Crippen LogP contribution < -0.4 is 0 Å². The van der Waals surface area contributed by atoms with Crippen molar-refractivity contribution in [2.24, 2.45) is 11.8 Å². The molecule has 2 saturated carbocycles. The fourth-order valence-electron chi connectivity index (χ4n) is 2.86. The highest BCUT2D eigenvalue weighted by atomic mass is 16.5. The van der Waals surface area contributed by atoms with Gasteiger partial charge >= 0.3 is 0 Å². The zero-order chi connectivity index (χ0) is 9.26. The SMILES string of the molecule is COC1CCC2CC(=O)CCC2C1. The Labute approximate surface area is 79.7 Å². The fourth-order valence-corrected chi connectivity index (χ4v) is 2.86. The van der Waals surface area contributed by atoms with Gasteiger partial charge in [-0.2, -0.15) is 0 Å². The van der Waals surface area contributed by atoms with Crippen molar-refractivity contribution in [1.82, 2.24) is 0 Å². The van der Waals surface area contributed by atoms with Crippen molar-refractivity contribution in [2.45, 2.75) is 44.6 Å². The summed E-state index contributed by atoms with van der Waals surface area (Å²) in [6.45, 7) is 0. The molecule has 2 fully saturated rings. The lowest BCUT2D eigenvalue weighted by atomic mass is 9.70. The van der Waals surface area contributed by atoms with Crippen molar-refractivity contribution in [3.8, 4) is 0 Å². The molecule has 2 nitrogen and oxygen atoms in total. The van der Waals surface area contributed by atoms with Gasteiger partial charge in [0.2, 0.25) is 0 Å². The van der Waals surface area contributed by atoms with Crippen LogP contribution in [0.2, 0.25) is 0 Å². The van der Waals surface area contributed by atoms with Gasteiger partial charge in [0.25, 0.3) is 0 Å². The van der Waals surface area contributed by atoms with E-state index in [-0.39, 0.29) is 0 Å². The molecule has 0 aromatic heterocycles. The lowest BCUT2D eigenvalue weighted by Gasteiger charge is -2.38. The molecule has 3 atom stereocenters. The summed E-state index contributed by atoms with van der Waals surface area (Å²) in [4.78, 5) is 11.2. The van der Waals surface area contributed by atoms with E-state index in [0.29, 0.717) is 17.8 Å². The first kappa shape index (κ1) is 9.20. The van der Waals surface area contributed by atoms with Gasteiger partial charge in [-0.25, -0.2) is 0 Å². The second-order valence-corrected chi connectivity index (χ2v) is 4.47. The molecule has 0 saturated heterocycles. The molecule has 0 radical (unpaired) electrons. The standard InChI is InChI=1S/C11H18O2/c1-13-11-5-3-8-6-10(12)4-2-9(8)7-11/h8-9,11H,2-7H2,1H3. The van der Waals surface area contributed by atoms with E-state index in [2.05, 4.69) is 0 Å². The predicted octanol–water partition coefficient (Wildman–Crippen LogP) is 2.17. The third-order valence-corrected chi connectivity index (χ3v) is 3.71. The van der Waals surface area contributed by atoms with E-state index in [1.165, 1.54) is 12.8 Å². The number of ketones is 1. The number of hydrogen-bond donors (Lipinski definition) is 0. The van der Waals surface area contributed by atoms with Crippen molar-refractivity contribution in [3.63, 3.8) is 0 Å². The Balaban J connectivity index is 1.94. The molecule has 3 unspecified atom stereocenters. The molecular weight excluding hydrogens is 164 g/mol. The average molecular weight is 182 g/mol. The normalized spacial score (nSPS) is 40.1. The van der Waals surface area contributed by atoms with Crippen LogP contribution in [0, 0.1) is 11.8 Å². The van der Waals surface area contributed by atoms with E-state index < -0.39 is 0 Å². The van der Waals surface area contributed by atoms with Crippen molar-refractivity contribution in [3.05, 3.63) is 0 Å². The van der Waals surface area contributed by atoms with Crippen LogP contribution in [0.1, 0.15) is 38.5 Å². The molecule has 0 amide bonds. The summed E-state index contributed by atoms with van der Waals surface area (Å²) in [5.74, 6) is 1.95. The van der Waals surface area contributed by atoms with Crippen LogP contribution in [0.25, 0.3) is 0 Å². The molecule has 0 bridgehead atoms. The fraction of sp³-hybridized carbons (Fsp3) is 0.909. The minimum absolute atomic E-state index is 0.467. The summed E-state index contributed by atoms with van der Waals surface area (Å²) in [6.07, 6.45) is 6.80. The molecule has 2 rings (SSSR count). The molecule has 2 heteroatoms. The molecule has 2 aliphatic carbocycles. The summed E-state index contributed by atoms with van der Waals surface area (Å²) in [7, 11) is 1.80. The van der Waals surface area contributed by atoms with E-state index in [1.807, 2.05) is 0 Å². The number of methoxy groups -OCH3 is 1. The van der Waals surface area contributed by atoms with Gasteiger partial charge in [0, 0.05) is 20.0 Å². The number of hydrogen-bond acceptors (Lipinski definition) is 2. The Bertz CT molecular complexity index is 200. The lowest BCUT2D eigenvalue weighted by Crippen LogP contribution is -2.33. The van der Waals surface area contributed by atoms with E-state index >= 15 is 0 Å². The van der Waals surface area contributed by atoms with Crippen molar-refractivity contribution in [1.29, 1.82) is 0 Å². The van der Waals surface area contributed by atoms with Crippen LogP contribution in [0.5, 0.6) is 0 Å². The Morgan fingerprint density at radius 2 is 2.08 bits per heavy atom. The molecule has 74 valence electrons. The Morgan fingerprint density at radius 1 is 1.23 bits per heavy atom. The Morgan fingerprint density at radius 3 is 2.85 bits per heavy atom. The van der Waals surface area contributed by atoms with Crippen LogP contribution in [0.4, 0.5) is 0 Å². The minimum atomic E-state index is 0.467. The number of carbonyl (C=O) groups is 1. The van der Waals surface area contributed by atoms with Gasteiger partial charge in [0.15, 0.2) is 0 Å². The lowest BCUT2D eigenvalue weighted by molar-refractivity contribution is -0.124. The molecule has 2 aliphatic rings. The second kappa shape index (κ2) is 3.79. The molecular formula is C11H18O2. The van der Waals surface area contributed by atoms with Crippen LogP contribution in [-0.2, 0) is 9.53 Å². The molecule has 13 heavy (non-hydrogen) atoms. The largest absolute Gasteiger partial charge is 0.381 e. The third kappa shape index (κ3) is 1.93. The first-order valence-electron chi connectivity index (χ1n) is 5.34. The summed E-state index contributed by atoms with van der Waals surface area (Å²) < 4.78 is 5.38. The topological polar surface area (TPSA) is 26.3 Å². The highest BCUT2D eigenvalue weighted by molar-refractivity contribution is 5.79. The number of Topliss-reactive ketones (excluding diaryl/α,β-unsaturated/α-hetero) is 1. The van der Waals surface area contributed by atoms with Crippen molar-refractivity contribution in [2.75, 3.05) is 7.11 Å². The highest BCUT2D eigenvalue weighted by Crippen LogP contribution is 2.39. The molecule has 0 aliphatic heterocycles. The monoisotopic (exact) mass is 182 g/mol. The van der Waals surface area contributed by atoms with Crippen LogP contribution >= 0.6 is 0 Å². The number of ether oxygens (including phenoxy) is 1. The smallest absolute Gasteiger partial charge is 0.133 e. The molecule has 0 aromatic rings. The van der Waals surface area contributed by atoms with Crippen LogP contribution in [-0.4, -0.2) is 19.0 Å². The molecule has 0 spiro atoms. The number of carbonyl (C=O) groups excluding carboxylic acids is 1. The predicted molar refractivity (Wildman–Crippen MR) is 50.5 cm³/mol. The quantitative estimate of drug-likeness (QED) is 0.621. The van der Waals surface area contributed by atoms with E-state index in [9.17, 15) is 4.79 Å². The minimum Gasteiger partial charge on any atom is -0.381 e. The third-order valence-electron chi connectivity index (χ3n) is 3.71. The van der Waals surface area contributed by atoms with Gasteiger partial charge in [-0.05, 0) is 37.5 Å². The van der Waals surface area contributed by atoms with E-state index in [0.717, 1.165) is 31.6 Å². The van der Waals surface area contributed by atoms with Gasteiger partial charge in [-0.3, -0.25) is 4.79 Å². The molecule has 0 heterocycles. The van der Waals surface area contributed by atoms with Gasteiger partial charge < -0.3 is 4.74 Å². The maximum Gasteiger partial charge on any atom is 0.133 e. The van der Waals surface area contributed by atoms with Crippen molar-refractivity contribution < 1.29 is 9.53 Å². The van der Waals surface area contributed by atoms with Gasteiger partial charge in [-0.1, -0.05) is 0 Å². The van der Waals surface area contributed by atoms with E-state index in [1.54, 1.807) is 7.11 Å². The summed E-state index contributed by atoms with van der Waals surface area (Å²) >= 11 is 0. The van der Waals surface area contributed by atoms with Crippen molar-refractivity contribution >= 4 is 5.78 Å². The molecule has 0 aromatic carbocycles. The first-order chi connectivity index (χ1) is 6.29. The maximum absolute atomic E-state index is 11.2. The number of fused-ring (bicyclic) bond motifs is 1. The Hall–Kier alpha value is -0.370. The first-order valence-corrected chi connectivity index (χ1v) is 5.34. The summed E-state index contributed by atoms with van der Waals surface area (Å²) in [5.41, 5.74) is 0. The van der Waals surface area contributed by atoms with Crippen LogP contribution in [0.15, 0.2) is 0 Å². The van der Waals surface area contributed by atoms with Crippen LogP contribution in [0.3, 0.4) is 0 Å². The Kier molecular flexibility index (Phi) is 2.68.